The van der Waals surface area contributed by atoms with Crippen LogP contribution < -0.4 is 16.0 Å². The van der Waals surface area contributed by atoms with Crippen molar-refractivity contribution in [3.8, 4) is 0 Å². The van der Waals surface area contributed by atoms with Crippen LogP contribution in [0.3, 0.4) is 0 Å². The summed E-state index contributed by atoms with van der Waals surface area (Å²) in [5.74, 6) is -2.33. The largest absolute Gasteiger partial charge is 0.416 e. The van der Waals surface area contributed by atoms with Gasteiger partial charge in [-0.05, 0) is 43.7 Å². The van der Waals surface area contributed by atoms with E-state index in [9.17, 15) is 41.4 Å². The van der Waals surface area contributed by atoms with Crippen LogP contribution >= 0.6 is 0 Å². The molecule has 9 nitrogen and oxygen atoms in total. The Morgan fingerprint density at radius 1 is 1.18 bits per heavy atom. The second-order valence-corrected chi connectivity index (χ2v) is 9.63. The molecule has 1 aromatic heterocycles. The minimum atomic E-state index is -5.03. The topological polar surface area (TPSA) is 128 Å². The summed E-state index contributed by atoms with van der Waals surface area (Å²) < 4.78 is 95.1. The van der Waals surface area contributed by atoms with Crippen LogP contribution in [-0.2, 0) is 23.7 Å². The van der Waals surface area contributed by atoms with Crippen molar-refractivity contribution in [3.05, 3.63) is 47.0 Å². The average molecular weight is 583 g/mol. The predicted octanol–water partition coefficient (Wildman–Crippen LogP) is 2.62. The van der Waals surface area contributed by atoms with Gasteiger partial charge in [0.05, 0.1) is 30.4 Å². The fraction of sp³-hybridized carbons (Fsp3) is 0.542. The highest BCUT2D eigenvalue weighted by molar-refractivity contribution is 5.75. The monoisotopic (exact) mass is 582 g/mol. The minimum absolute atomic E-state index is 0.0108. The summed E-state index contributed by atoms with van der Waals surface area (Å²) in [7, 11) is 0. The third kappa shape index (κ3) is 7.28. The van der Waals surface area contributed by atoms with Gasteiger partial charge in [0, 0.05) is 31.6 Å². The van der Waals surface area contributed by atoms with Crippen LogP contribution in [0.4, 0.5) is 42.4 Å². The number of alkyl halides is 6. The number of aliphatic hydroxyl groups excluding tert-OH is 2. The van der Waals surface area contributed by atoms with Crippen molar-refractivity contribution in [2.24, 2.45) is 11.1 Å². The third-order valence-corrected chi connectivity index (χ3v) is 6.84. The molecule has 0 radical (unpaired) electrons. The first kappa shape index (κ1) is 31.3. The Kier molecular flexibility index (Phi) is 9.46. The van der Waals surface area contributed by atoms with Crippen molar-refractivity contribution >= 4 is 17.5 Å². The molecule has 2 unspecified atom stereocenters. The zero-order chi connectivity index (χ0) is 29.9. The van der Waals surface area contributed by atoms with Crippen molar-refractivity contribution < 1.29 is 45.7 Å². The van der Waals surface area contributed by atoms with E-state index in [4.69, 9.17) is 5.73 Å². The molecule has 2 aromatic rings. The molecule has 2 heterocycles. The Morgan fingerprint density at radius 2 is 1.80 bits per heavy atom. The number of amides is 1. The van der Waals surface area contributed by atoms with Crippen molar-refractivity contribution in [2.45, 2.75) is 38.3 Å². The number of anilines is 2. The Balaban J connectivity index is 1.83. The van der Waals surface area contributed by atoms with E-state index in [1.807, 2.05) is 0 Å². The Morgan fingerprint density at radius 3 is 2.30 bits per heavy atom. The number of hydrogen-bond acceptors (Lipinski definition) is 8. The number of rotatable bonds is 10. The molecule has 1 fully saturated rings. The lowest BCUT2D eigenvalue weighted by atomic mass is 9.76. The number of carbonyl (C=O) groups is 1. The number of carbonyl (C=O) groups excluding carboxylic acids is 1. The maximum atomic E-state index is 15.5. The molecule has 0 saturated carbocycles. The molecule has 5 N–H and O–H groups in total. The second kappa shape index (κ2) is 12.1. The van der Waals surface area contributed by atoms with E-state index in [0.717, 1.165) is 11.2 Å². The van der Waals surface area contributed by atoms with E-state index in [1.54, 1.807) is 4.90 Å². The Hall–Kier alpha value is -3.24. The minimum Gasteiger partial charge on any atom is -0.396 e. The summed E-state index contributed by atoms with van der Waals surface area (Å²) >= 11 is 0. The van der Waals surface area contributed by atoms with Gasteiger partial charge < -0.3 is 26.2 Å². The summed E-state index contributed by atoms with van der Waals surface area (Å²) in [5.41, 5.74) is 0.721. The molecule has 40 heavy (non-hydrogen) atoms. The summed E-state index contributed by atoms with van der Waals surface area (Å²) in [6.45, 7) is 0.610. The van der Waals surface area contributed by atoms with Crippen molar-refractivity contribution in [3.63, 3.8) is 0 Å². The molecule has 0 bridgehead atoms. The first-order valence-corrected chi connectivity index (χ1v) is 12.2. The zero-order valence-corrected chi connectivity index (χ0v) is 21.4. The third-order valence-electron chi connectivity index (χ3n) is 6.84. The van der Waals surface area contributed by atoms with Crippen molar-refractivity contribution in [1.82, 2.24) is 14.9 Å². The fourth-order valence-corrected chi connectivity index (χ4v) is 4.52. The lowest BCUT2D eigenvalue weighted by molar-refractivity contribution is -0.143. The molecular formula is C24H29F7N6O3. The molecule has 16 heteroatoms. The van der Waals surface area contributed by atoms with Crippen LogP contribution in [0.25, 0.3) is 0 Å². The number of aromatic nitrogens is 2. The van der Waals surface area contributed by atoms with Gasteiger partial charge in [0.15, 0.2) is 11.6 Å². The van der Waals surface area contributed by atoms with E-state index >= 15 is 4.39 Å². The number of piperidine rings is 1. The van der Waals surface area contributed by atoms with Gasteiger partial charge >= 0.3 is 12.4 Å². The predicted molar refractivity (Wildman–Crippen MR) is 129 cm³/mol. The molecule has 1 saturated heterocycles. The quantitative estimate of drug-likeness (QED) is 0.315. The summed E-state index contributed by atoms with van der Waals surface area (Å²) in [4.78, 5) is 21.6. The molecule has 1 aliphatic heterocycles. The van der Waals surface area contributed by atoms with Crippen molar-refractivity contribution in [2.75, 3.05) is 49.5 Å². The number of benzene rings is 1. The smallest absolute Gasteiger partial charge is 0.396 e. The van der Waals surface area contributed by atoms with Crippen LogP contribution in [0.1, 0.15) is 30.0 Å². The van der Waals surface area contributed by atoms with Gasteiger partial charge in [-0.1, -0.05) is 0 Å². The first-order valence-electron chi connectivity index (χ1n) is 12.2. The average Bonchev–Trinajstić information content (AvgIpc) is 2.86. The SMILES string of the molecule is CCN(Cc1cc(C(F)(F)F)cc(C(F)(F)F)c1)c1ncnc(NCC2(CO)CCN(CC(N)=O)CC2O)c1F. The van der Waals surface area contributed by atoms with Gasteiger partial charge in [-0.15, -0.1) is 0 Å². The number of nitrogens with two attached hydrogens (primary N) is 1. The molecule has 3 rings (SSSR count). The fourth-order valence-electron chi connectivity index (χ4n) is 4.52. The molecule has 1 amide bonds. The van der Waals surface area contributed by atoms with Crippen LogP contribution in [0.5, 0.6) is 0 Å². The molecule has 2 atom stereocenters. The van der Waals surface area contributed by atoms with Gasteiger partial charge in [-0.25, -0.2) is 9.97 Å². The van der Waals surface area contributed by atoms with E-state index in [1.165, 1.54) is 6.92 Å². The molecule has 1 aromatic carbocycles. The van der Waals surface area contributed by atoms with Crippen LogP contribution in [0, 0.1) is 11.2 Å². The van der Waals surface area contributed by atoms with Gasteiger partial charge in [0.1, 0.15) is 6.33 Å². The number of nitrogens with zero attached hydrogens (tertiary/aromatic N) is 4. The first-order chi connectivity index (χ1) is 18.6. The van der Waals surface area contributed by atoms with Crippen LogP contribution in [0.15, 0.2) is 24.5 Å². The molecule has 0 aliphatic carbocycles. The van der Waals surface area contributed by atoms with Gasteiger partial charge in [0.2, 0.25) is 11.7 Å². The highest BCUT2D eigenvalue weighted by Crippen LogP contribution is 2.37. The number of β-amino-alcohol motifs (C(OH)–C–C–N with tert-alkyl or cyclic N) is 1. The van der Waals surface area contributed by atoms with Gasteiger partial charge in [-0.3, -0.25) is 9.69 Å². The lowest BCUT2D eigenvalue weighted by Gasteiger charge is -2.44. The van der Waals surface area contributed by atoms with E-state index in [-0.39, 0.29) is 55.9 Å². The van der Waals surface area contributed by atoms with Crippen LogP contribution in [0.2, 0.25) is 0 Å². The normalized spacial score (nSPS) is 20.4. The maximum absolute atomic E-state index is 15.5. The molecular weight excluding hydrogens is 553 g/mol. The zero-order valence-electron chi connectivity index (χ0n) is 21.4. The maximum Gasteiger partial charge on any atom is 0.416 e. The van der Waals surface area contributed by atoms with Crippen LogP contribution in [-0.4, -0.2) is 76.4 Å². The van der Waals surface area contributed by atoms with Crippen molar-refractivity contribution in [1.29, 1.82) is 0 Å². The molecule has 0 spiro atoms. The Labute approximate surface area is 224 Å². The number of primary amides is 1. The highest BCUT2D eigenvalue weighted by Gasteiger charge is 2.42. The lowest BCUT2D eigenvalue weighted by Crippen LogP contribution is -2.56. The number of aliphatic hydroxyl groups is 2. The Bertz CT molecular complexity index is 1160. The number of hydrogen-bond donors (Lipinski definition) is 4. The van der Waals surface area contributed by atoms with E-state index < -0.39 is 59.9 Å². The van der Waals surface area contributed by atoms with Gasteiger partial charge in [-0.2, -0.15) is 30.7 Å². The summed E-state index contributed by atoms with van der Waals surface area (Å²) in [5, 5.41) is 23.4. The number of nitrogens with one attached hydrogen (secondary N) is 1. The molecule has 222 valence electrons. The van der Waals surface area contributed by atoms with Gasteiger partial charge in [0.25, 0.3) is 0 Å². The number of halogens is 7. The summed E-state index contributed by atoms with van der Waals surface area (Å²) in [6, 6.07) is 1.14. The van der Waals surface area contributed by atoms with E-state index in [0.29, 0.717) is 18.7 Å². The standard InChI is InChI=1S/C24H29F7N6O3/c1-2-37(8-14-5-15(23(26,27)28)7-16(6-14)24(29,30)31)21-19(25)20(34-13-35-21)33-11-22(12-38)3-4-36(9-17(22)39)10-18(32)40/h5-7,13,17,38-39H,2-4,8-12H2,1H3,(H2,32,40)(H,33,34,35). The number of likely N-dealkylation sites (tertiary alicyclic amines) is 1. The van der Waals surface area contributed by atoms with E-state index in [2.05, 4.69) is 15.3 Å². The summed E-state index contributed by atoms with van der Waals surface area (Å²) in [6.07, 6.45) is -9.99. The second-order valence-electron chi connectivity index (χ2n) is 9.63. The molecule has 1 aliphatic rings. The highest BCUT2D eigenvalue weighted by atomic mass is 19.4.